The first-order valence-corrected chi connectivity index (χ1v) is 8.02. The van der Waals surface area contributed by atoms with E-state index in [0.717, 1.165) is 19.4 Å². The molecule has 1 heterocycles. The van der Waals surface area contributed by atoms with Gasteiger partial charge in [-0.15, -0.1) is 0 Å². The minimum Gasteiger partial charge on any atom is -0.334 e. The van der Waals surface area contributed by atoms with Crippen LogP contribution in [0.15, 0.2) is 18.2 Å². The Morgan fingerprint density at radius 3 is 2.71 bits per heavy atom. The molecule has 1 aliphatic rings. The summed E-state index contributed by atoms with van der Waals surface area (Å²) in [6.07, 6.45) is 2.44. The number of nitrogens with two attached hydrogens (primary N) is 1. The summed E-state index contributed by atoms with van der Waals surface area (Å²) >= 11 is 0. The summed E-state index contributed by atoms with van der Waals surface area (Å²) in [7, 11) is 0. The minimum atomic E-state index is 0.0160. The number of carbonyl (C=O) groups is 1. The summed E-state index contributed by atoms with van der Waals surface area (Å²) in [5, 5.41) is 0. The zero-order valence-electron chi connectivity index (χ0n) is 13.7. The summed E-state index contributed by atoms with van der Waals surface area (Å²) in [5.74, 6) is 0.703. The maximum Gasteiger partial charge on any atom is 0.223 e. The summed E-state index contributed by atoms with van der Waals surface area (Å²) in [5.41, 5.74) is 10.1. The van der Waals surface area contributed by atoms with Crippen LogP contribution in [-0.4, -0.2) is 23.4 Å². The van der Waals surface area contributed by atoms with Crippen LogP contribution in [0.2, 0.25) is 0 Å². The Balaban J connectivity index is 2.46. The molecule has 2 atom stereocenters. The van der Waals surface area contributed by atoms with Gasteiger partial charge in [0.2, 0.25) is 5.91 Å². The van der Waals surface area contributed by atoms with E-state index in [1.807, 2.05) is 4.90 Å². The number of hydrogen-bond donors (Lipinski definition) is 1. The second-order valence-corrected chi connectivity index (χ2v) is 6.80. The third kappa shape index (κ3) is 3.65. The molecule has 2 rings (SSSR count). The van der Waals surface area contributed by atoms with Crippen LogP contribution in [0.3, 0.4) is 0 Å². The lowest BCUT2D eigenvalue weighted by Crippen LogP contribution is -2.44. The second-order valence-electron chi connectivity index (χ2n) is 6.80. The lowest BCUT2D eigenvalue weighted by atomic mass is 9.91. The van der Waals surface area contributed by atoms with E-state index in [9.17, 15) is 4.79 Å². The number of benzene rings is 1. The molecule has 1 aromatic rings. The second kappa shape index (κ2) is 6.61. The van der Waals surface area contributed by atoms with Crippen molar-refractivity contribution in [2.75, 3.05) is 6.54 Å². The van der Waals surface area contributed by atoms with Gasteiger partial charge < -0.3 is 10.6 Å². The van der Waals surface area contributed by atoms with E-state index in [-0.39, 0.29) is 18.0 Å². The van der Waals surface area contributed by atoms with Crippen LogP contribution in [-0.2, 0) is 4.79 Å². The van der Waals surface area contributed by atoms with Gasteiger partial charge in [0.1, 0.15) is 0 Å². The van der Waals surface area contributed by atoms with Gasteiger partial charge in [-0.1, -0.05) is 37.6 Å². The van der Waals surface area contributed by atoms with Gasteiger partial charge in [0.15, 0.2) is 0 Å². The highest BCUT2D eigenvalue weighted by Crippen LogP contribution is 2.33. The number of aryl methyl sites for hydroxylation is 2. The molecule has 2 N–H and O–H groups in total. The molecule has 116 valence electrons. The number of likely N-dealkylation sites (tertiary alicyclic amines) is 1. The maximum absolute atomic E-state index is 12.5. The van der Waals surface area contributed by atoms with Gasteiger partial charge in [-0.2, -0.15) is 0 Å². The van der Waals surface area contributed by atoms with Crippen molar-refractivity contribution in [3.63, 3.8) is 0 Å². The standard InChI is InChI=1S/C18H28N2O/c1-12(2)11-20-17(21)7-5-6-16(19)18(20)15-10-13(3)8-9-14(15)4/h8-10,12,16,18H,5-7,11,19H2,1-4H3. The molecule has 1 aliphatic heterocycles. The van der Waals surface area contributed by atoms with Gasteiger partial charge in [-0.25, -0.2) is 0 Å². The predicted molar refractivity (Wildman–Crippen MR) is 87.0 cm³/mol. The quantitative estimate of drug-likeness (QED) is 0.927. The number of hydrogen-bond acceptors (Lipinski definition) is 2. The Hall–Kier alpha value is -1.35. The van der Waals surface area contributed by atoms with E-state index in [0.29, 0.717) is 12.3 Å². The molecular weight excluding hydrogens is 260 g/mol. The Bertz CT molecular complexity index is 510. The van der Waals surface area contributed by atoms with Crippen LogP contribution < -0.4 is 5.73 Å². The van der Waals surface area contributed by atoms with Crippen molar-refractivity contribution in [3.8, 4) is 0 Å². The van der Waals surface area contributed by atoms with Crippen LogP contribution in [0.4, 0.5) is 0 Å². The zero-order chi connectivity index (χ0) is 15.6. The molecule has 0 aliphatic carbocycles. The van der Waals surface area contributed by atoms with E-state index in [4.69, 9.17) is 5.73 Å². The highest BCUT2D eigenvalue weighted by atomic mass is 16.2. The first kappa shape index (κ1) is 16.0. The van der Waals surface area contributed by atoms with Crippen LogP contribution in [0.1, 0.15) is 55.8 Å². The molecule has 2 unspecified atom stereocenters. The fourth-order valence-corrected chi connectivity index (χ4v) is 3.26. The Labute approximate surface area is 128 Å². The lowest BCUT2D eigenvalue weighted by Gasteiger charge is -2.36. The summed E-state index contributed by atoms with van der Waals surface area (Å²) in [4.78, 5) is 14.6. The van der Waals surface area contributed by atoms with E-state index >= 15 is 0 Å². The molecule has 21 heavy (non-hydrogen) atoms. The monoisotopic (exact) mass is 288 g/mol. The first-order chi connectivity index (χ1) is 9.90. The number of amides is 1. The van der Waals surface area contributed by atoms with Gasteiger partial charge in [0.05, 0.1) is 6.04 Å². The Kier molecular flexibility index (Phi) is 5.04. The molecule has 0 aromatic heterocycles. The van der Waals surface area contributed by atoms with E-state index < -0.39 is 0 Å². The van der Waals surface area contributed by atoms with Gasteiger partial charge in [0, 0.05) is 19.0 Å². The zero-order valence-corrected chi connectivity index (χ0v) is 13.7. The summed E-state index contributed by atoms with van der Waals surface area (Å²) in [6.45, 7) is 9.31. The average Bonchev–Trinajstić information content (AvgIpc) is 2.53. The van der Waals surface area contributed by atoms with Crippen molar-refractivity contribution in [1.29, 1.82) is 0 Å². The number of rotatable bonds is 3. The normalized spacial score (nSPS) is 23.5. The smallest absolute Gasteiger partial charge is 0.223 e. The van der Waals surface area contributed by atoms with Crippen LogP contribution in [0, 0.1) is 19.8 Å². The molecule has 0 spiro atoms. The molecule has 1 saturated heterocycles. The predicted octanol–water partition coefficient (Wildman–Crippen LogP) is 3.34. The third-order valence-electron chi connectivity index (χ3n) is 4.31. The van der Waals surface area contributed by atoms with Gasteiger partial charge in [-0.05, 0) is 43.7 Å². The average molecular weight is 288 g/mol. The summed E-state index contributed by atoms with van der Waals surface area (Å²) < 4.78 is 0. The minimum absolute atomic E-state index is 0.0160. The van der Waals surface area contributed by atoms with Gasteiger partial charge in [-0.3, -0.25) is 4.79 Å². The van der Waals surface area contributed by atoms with E-state index in [2.05, 4.69) is 45.9 Å². The van der Waals surface area contributed by atoms with E-state index in [1.165, 1.54) is 16.7 Å². The molecular formula is C18H28N2O. The Morgan fingerprint density at radius 2 is 2.05 bits per heavy atom. The molecule has 3 nitrogen and oxygen atoms in total. The topological polar surface area (TPSA) is 46.3 Å². The van der Waals surface area contributed by atoms with Crippen molar-refractivity contribution < 1.29 is 4.79 Å². The molecule has 1 aromatic carbocycles. The number of carbonyl (C=O) groups excluding carboxylic acids is 1. The first-order valence-electron chi connectivity index (χ1n) is 8.02. The van der Waals surface area contributed by atoms with E-state index in [1.54, 1.807) is 0 Å². The molecule has 1 fully saturated rings. The number of nitrogens with zero attached hydrogens (tertiary/aromatic N) is 1. The SMILES string of the molecule is Cc1ccc(C)c(C2C(N)CCCC(=O)N2CC(C)C)c1. The molecule has 0 bridgehead atoms. The highest BCUT2D eigenvalue weighted by Gasteiger charge is 2.33. The summed E-state index contributed by atoms with van der Waals surface area (Å²) in [6, 6.07) is 6.50. The fourth-order valence-electron chi connectivity index (χ4n) is 3.26. The highest BCUT2D eigenvalue weighted by molar-refractivity contribution is 5.77. The van der Waals surface area contributed by atoms with Crippen LogP contribution >= 0.6 is 0 Å². The fraction of sp³-hybridized carbons (Fsp3) is 0.611. The van der Waals surface area contributed by atoms with Crippen molar-refractivity contribution in [2.24, 2.45) is 11.7 Å². The largest absolute Gasteiger partial charge is 0.334 e. The van der Waals surface area contributed by atoms with Crippen molar-refractivity contribution in [3.05, 3.63) is 34.9 Å². The van der Waals surface area contributed by atoms with Crippen molar-refractivity contribution in [1.82, 2.24) is 4.90 Å². The maximum atomic E-state index is 12.5. The van der Waals surface area contributed by atoms with Crippen LogP contribution in [0.5, 0.6) is 0 Å². The lowest BCUT2D eigenvalue weighted by molar-refractivity contribution is -0.133. The van der Waals surface area contributed by atoms with Gasteiger partial charge >= 0.3 is 0 Å². The molecule has 0 saturated carbocycles. The third-order valence-corrected chi connectivity index (χ3v) is 4.31. The van der Waals surface area contributed by atoms with Gasteiger partial charge in [0.25, 0.3) is 0 Å². The molecule has 0 radical (unpaired) electrons. The van der Waals surface area contributed by atoms with Crippen molar-refractivity contribution >= 4 is 5.91 Å². The molecule has 3 heteroatoms. The Morgan fingerprint density at radius 1 is 1.33 bits per heavy atom. The van der Waals surface area contributed by atoms with Crippen molar-refractivity contribution in [2.45, 2.75) is 59.0 Å². The van der Waals surface area contributed by atoms with Crippen LogP contribution in [0.25, 0.3) is 0 Å². The molecule has 1 amide bonds.